The number of hydrogen-bond donors (Lipinski definition) is 1. The minimum Gasteiger partial charge on any atom is -0.481 e. The van der Waals surface area contributed by atoms with E-state index in [9.17, 15) is 18.3 Å². The molecular formula is C14H17ClO5S. The topological polar surface area (TPSA) is 80.7 Å². The summed E-state index contributed by atoms with van der Waals surface area (Å²) in [5.41, 5.74) is -1.21. The molecule has 0 amide bonds. The Hall–Kier alpha value is -1.11. The van der Waals surface area contributed by atoms with Crippen molar-refractivity contribution in [1.29, 1.82) is 0 Å². The lowest BCUT2D eigenvalue weighted by molar-refractivity contribution is -0.154. The van der Waals surface area contributed by atoms with Gasteiger partial charge in [0.15, 0.2) is 9.84 Å². The molecule has 116 valence electrons. The van der Waals surface area contributed by atoms with E-state index in [1.807, 2.05) is 0 Å². The molecule has 0 aromatic heterocycles. The highest BCUT2D eigenvalue weighted by molar-refractivity contribution is 7.92. The first-order chi connectivity index (χ1) is 9.73. The van der Waals surface area contributed by atoms with Crippen LogP contribution in [-0.4, -0.2) is 38.0 Å². The number of carbonyl (C=O) groups is 1. The highest BCUT2D eigenvalue weighted by Crippen LogP contribution is 2.45. The summed E-state index contributed by atoms with van der Waals surface area (Å²) in [6.45, 7) is 1.52. The molecule has 0 radical (unpaired) electrons. The lowest BCUT2D eigenvalue weighted by atomic mass is 9.87. The summed E-state index contributed by atoms with van der Waals surface area (Å²) in [7, 11) is -2.29. The molecule has 1 saturated carbocycles. The van der Waals surface area contributed by atoms with Crippen molar-refractivity contribution in [2.45, 2.75) is 36.0 Å². The van der Waals surface area contributed by atoms with Gasteiger partial charge in [-0.25, -0.2) is 8.42 Å². The van der Waals surface area contributed by atoms with Crippen molar-refractivity contribution >= 4 is 27.4 Å². The van der Waals surface area contributed by atoms with Crippen molar-refractivity contribution in [2.24, 2.45) is 5.41 Å². The second-order valence-electron chi connectivity index (χ2n) is 5.48. The van der Waals surface area contributed by atoms with E-state index >= 15 is 0 Å². The van der Waals surface area contributed by atoms with Crippen molar-refractivity contribution in [3.63, 3.8) is 0 Å². The van der Waals surface area contributed by atoms with Gasteiger partial charge in [-0.2, -0.15) is 0 Å². The summed E-state index contributed by atoms with van der Waals surface area (Å²) in [6.07, 6.45) is -0.487. The van der Waals surface area contributed by atoms with Crippen LogP contribution in [0.3, 0.4) is 0 Å². The standard InChI is InChI=1S/C14H17ClO5S/c1-14(13(16)17)8-9(7-12(14)20-2)21(18,19)11-6-4-3-5-10(11)15/h3-6,9,12H,7-8H2,1-2H3,(H,16,17)/t9-,12+,14+/m0/s1. The molecule has 7 heteroatoms. The van der Waals surface area contributed by atoms with E-state index in [-0.39, 0.29) is 22.8 Å². The third-order valence-electron chi connectivity index (χ3n) is 4.19. The molecule has 2 rings (SSSR count). The van der Waals surface area contributed by atoms with Gasteiger partial charge in [-0.15, -0.1) is 0 Å². The van der Waals surface area contributed by atoms with E-state index in [1.165, 1.54) is 26.2 Å². The van der Waals surface area contributed by atoms with Crippen molar-refractivity contribution in [1.82, 2.24) is 0 Å². The predicted octanol–water partition coefficient (Wildman–Crippen LogP) is 2.38. The monoisotopic (exact) mass is 332 g/mol. The predicted molar refractivity (Wildman–Crippen MR) is 78.2 cm³/mol. The highest BCUT2D eigenvalue weighted by Gasteiger charge is 2.53. The molecule has 3 atom stereocenters. The number of methoxy groups -OCH3 is 1. The van der Waals surface area contributed by atoms with Gasteiger partial charge in [-0.05, 0) is 31.9 Å². The Morgan fingerprint density at radius 3 is 2.52 bits per heavy atom. The largest absolute Gasteiger partial charge is 0.481 e. The fourth-order valence-corrected chi connectivity index (χ4v) is 5.28. The molecule has 0 spiro atoms. The van der Waals surface area contributed by atoms with Gasteiger partial charge >= 0.3 is 5.97 Å². The van der Waals surface area contributed by atoms with Gasteiger partial charge in [0.2, 0.25) is 0 Å². The molecular weight excluding hydrogens is 316 g/mol. The second-order valence-corrected chi connectivity index (χ2v) is 8.09. The second kappa shape index (κ2) is 5.59. The van der Waals surface area contributed by atoms with Crippen LogP contribution in [-0.2, 0) is 19.4 Å². The number of rotatable bonds is 4. The lowest BCUT2D eigenvalue weighted by Crippen LogP contribution is -2.36. The number of carboxylic acids is 1. The van der Waals surface area contributed by atoms with Gasteiger partial charge in [0.05, 0.1) is 26.7 Å². The number of halogens is 1. The molecule has 21 heavy (non-hydrogen) atoms. The Morgan fingerprint density at radius 2 is 2.05 bits per heavy atom. The molecule has 0 saturated heterocycles. The zero-order chi connectivity index (χ0) is 15.8. The Kier molecular flexibility index (Phi) is 4.33. The molecule has 0 unspecified atom stereocenters. The first-order valence-electron chi connectivity index (χ1n) is 6.48. The first kappa shape index (κ1) is 16.3. The maximum Gasteiger partial charge on any atom is 0.312 e. The SMILES string of the molecule is CO[C@@H]1C[C@H](S(=O)(=O)c2ccccc2Cl)C[C@@]1(C)C(=O)O. The van der Waals surface area contributed by atoms with E-state index in [4.69, 9.17) is 16.3 Å². The number of carboxylic acid groups (broad SMARTS) is 1. The van der Waals surface area contributed by atoms with Crippen LogP contribution in [0.4, 0.5) is 0 Å². The van der Waals surface area contributed by atoms with Crippen LogP contribution < -0.4 is 0 Å². The molecule has 0 bridgehead atoms. The van der Waals surface area contributed by atoms with E-state index < -0.39 is 32.6 Å². The Labute approximate surface area is 128 Å². The minimum absolute atomic E-state index is 0.00833. The number of benzene rings is 1. The molecule has 1 aromatic rings. The van der Waals surface area contributed by atoms with Crippen LogP contribution >= 0.6 is 11.6 Å². The van der Waals surface area contributed by atoms with Gasteiger partial charge in [-0.3, -0.25) is 4.79 Å². The fraction of sp³-hybridized carbons (Fsp3) is 0.500. The zero-order valence-corrected chi connectivity index (χ0v) is 13.3. The smallest absolute Gasteiger partial charge is 0.312 e. The maximum atomic E-state index is 12.7. The molecule has 1 fully saturated rings. The van der Waals surface area contributed by atoms with Crippen LogP contribution in [0.25, 0.3) is 0 Å². The summed E-state index contributed by atoms with van der Waals surface area (Å²) in [5.74, 6) is -1.05. The number of aliphatic carboxylic acids is 1. The van der Waals surface area contributed by atoms with Gasteiger partial charge in [0.25, 0.3) is 0 Å². The summed E-state index contributed by atoms with van der Waals surface area (Å²) >= 11 is 5.96. The minimum atomic E-state index is -3.69. The molecule has 0 aliphatic heterocycles. The fourth-order valence-electron chi connectivity index (χ4n) is 2.86. The third kappa shape index (κ3) is 2.67. The van der Waals surface area contributed by atoms with Gasteiger partial charge < -0.3 is 9.84 Å². The van der Waals surface area contributed by atoms with E-state index in [0.717, 1.165) is 0 Å². The maximum absolute atomic E-state index is 12.7. The van der Waals surface area contributed by atoms with E-state index in [2.05, 4.69) is 0 Å². The average molecular weight is 333 g/mol. The molecule has 0 heterocycles. The van der Waals surface area contributed by atoms with Crippen LogP contribution in [0.5, 0.6) is 0 Å². The normalized spacial score (nSPS) is 29.5. The zero-order valence-electron chi connectivity index (χ0n) is 11.7. The summed E-state index contributed by atoms with van der Waals surface area (Å²) in [5, 5.41) is 8.71. The number of hydrogen-bond acceptors (Lipinski definition) is 4. The van der Waals surface area contributed by atoms with E-state index in [0.29, 0.717) is 0 Å². The van der Waals surface area contributed by atoms with Crippen LogP contribution in [0.15, 0.2) is 29.2 Å². The summed E-state index contributed by atoms with van der Waals surface area (Å²) < 4.78 is 30.6. The van der Waals surface area contributed by atoms with Crippen LogP contribution in [0.1, 0.15) is 19.8 Å². The van der Waals surface area contributed by atoms with Crippen LogP contribution in [0, 0.1) is 5.41 Å². The van der Waals surface area contributed by atoms with Crippen LogP contribution in [0.2, 0.25) is 5.02 Å². The Bertz CT molecular complexity index is 657. The number of sulfone groups is 1. The number of ether oxygens (including phenoxy) is 1. The average Bonchev–Trinajstić information content (AvgIpc) is 2.78. The molecule has 1 N–H and O–H groups in total. The third-order valence-corrected chi connectivity index (χ3v) is 6.84. The molecule has 1 aliphatic carbocycles. The quantitative estimate of drug-likeness (QED) is 0.915. The molecule has 5 nitrogen and oxygen atoms in total. The Balaban J connectivity index is 2.40. The van der Waals surface area contributed by atoms with E-state index in [1.54, 1.807) is 12.1 Å². The lowest BCUT2D eigenvalue weighted by Gasteiger charge is -2.25. The van der Waals surface area contributed by atoms with Gasteiger partial charge in [0.1, 0.15) is 0 Å². The summed E-state index contributed by atoms with van der Waals surface area (Å²) in [6, 6.07) is 6.19. The van der Waals surface area contributed by atoms with Crippen molar-refractivity contribution in [3.05, 3.63) is 29.3 Å². The van der Waals surface area contributed by atoms with Crippen molar-refractivity contribution < 1.29 is 23.1 Å². The van der Waals surface area contributed by atoms with Gasteiger partial charge in [-0.1, -0.05) is 23.7 Å². The molecule has 1 aliphatic rings. The highest BCUT2D eigenvalue weighted by atomic mass is 35.5. The van der Waals surface area contributed by atoms with Crippen molar-refractivity contribution in [3.8, 4) is 0 Å². The summed E-state index contributed by atoms with van der Waals surface area (Å²) in [4.78, 5) is 11.5. The first-order valence-corrected chi connectivity index (χ1v) is 8.40. The van der Waals surface area contributed by atoms with Gasteiger partial charge in [0, 0.05) is 7.11 Å². The Morgan fingerprint density at radius 1 is 1.43 bits per heavy atom. The molecule has 1 aromatic carbocycles. The van der Waals surface area contributed by atoms with Crippen molar-refractivity contribution in [2.75, 3.05) is 7.11 Å².